The topological polar surface area (TPSA) is 111 Å². The molecular weight excluding hydrogens is 600 g/mol. The zero-order chi connectivity index (χ0) is 32.9. The van der Waals surface area contributed by atoms with Crippen LogP contribution in [0.15, 0.2) is 91.4 Å². The Hall–Kier alpha value is -5.22. The molecule has 0 aliphatic rings. The molecule has 6 N–H and O–H groups in total. The van der Waals surface area contributed by atoms with Crippen molar-refractivity contribution in [3.63, 3.8) is 0 Å². The molecule has 0 saturated carbocycles. The molecule has 0 fully saturated rings. The van der Waals surface area contributed by atoms with Crippen molar-refractivity contribution in [2.45, 2.75) is 39.3 Å². The van der Waals surface area contributed by atoms with Crippen LogP contribution in [0, 0.1) is 0 Å². The average Bonchev–Trinajstić information content (AvgIpc) is 3.86. The first-order valence-electron chi connectivity index (χ1n) is 16.3. The lowest BCUT2D eigenvalue weighted by molar-refractivity contribution is 0.350. The Labute approximate surface area is 280 Å². The van der Waals surface area contributed by atoms with E-state index in [2.05, 4.69) is 104 Å². The normalized spacial score (nSPS) is 11.6. The molecule has 246 valence electrons. The Morgan fingerprint density at radius 1 is 0.417 bits per heavy atom. The van der Waals surface area contributed by atoms with E-state index in [-0.39, 0.29) is 0 Å². The summed E-state index contributed by atoms with van der Waals surface area (Å²) in [4.78, 5) is 10.1. The molecule has 3 heterocycles. The number of methoxy groups -OCH3 is 3. The van der Waals surface area contributed by atoms with Crippen molar-refractivity contribution in [2.75, 3.05) is 21.3 Å². The van der Waals surface area contributed by atoms with Crippen molar-refractivity contribution in [1.82, 2.24) is 30.9 Å². The third-order valence-corrected chi connectivity index (χ3v) is 9.13. The quantitative estimate of drug-likeness (QED) is 0.0717. The second-order valence-corrected chi connectivity index (χ2v) is 11.9. The largest absolute Gasteiger partial charge is 0.496 e. The van der Waals surface area contributed by atoms with E-state index in [0.717, 1.165) is 50.5 Å². The molecule has 0 bridgehead atoms. The van der Waals surface area contributed by atoms with E-state index >= 15 is 0 Å². The van der Waals surface area contributed by atoms with Crippen LogP contribution in [0.5, 0.6) is 17.2 Å². The number of hydrogen-bond donors (Lipinski definition) is 6. The summed E-state index contributed by atoms with van der Waals surface area (Å²) in [6.07, 6.45) is 6.21. The first-order valence-corrected chi connectivity index (χ1v) is 16.3. The molecule has 0 saturated heterocycles. The molecule has 0 atom stereocenters. The highest BCUT2D eigenvalue weighted by Gasteiger charge is 2.26. The highest BCUT2D eigenvalue weighted by molar-refractivity contribution is 5.84. The van der Waals surface area contributed by atoms with Gasteiger partial charge in [0.1, 0.15) is 17.2 Å². The van der Waals surface area contributed by atoms with Crippen molar-refractivity contribution in [3.05, 3.63) is 125 Å². The number of para-hydroxylation sites is 3. The fraction of sp³-hybridized carbons (Fsp3) is 0.231. The summed E-state index contributed by atoms with van der Waals surface area (Å²) < 4.78 is 18.5. The number of nitrogens with one attached hydrogen (secondary N) is 6. The second kappa shape index (κ2) is 14.3. The average molecular weight is 643 g/mol. The van der Waals surface area contributed by atoms with Crippen LogP contribution in [-0.4, -0.2) is 36.3 Å². The molecule has 7 aromatic rings. The minimum absolute atomic E-state index is 0.542. The minimum Gasteiger partial charge on any atom is -0.496 e. The number of rotatable bonds is 15. The fourth-order valence-corrected chi connectivity index (χ4v) is 6.88. The third-order valence-electron chi connectivity index (χ3n) is 9.13. The fourth-order valence-electron chi connectivity index (χ4n) is 6.88. The molecule has 0 amide bonds. The monoisotopic (exact) mass is 642 g/mol. The van der Waals surface area contributed by atoms with Crippen LogP contribution in [0.25, 0.3) is 32.7 Å². The van der Waals surface area contributed by atoms with Crippen LogP contribution in [-0.2, 0) is 39.3 Å². The second-order valence-electron chi connectivity index (χ2n) is 11.9. The predicted octanol–water partition coefficient (Wildman–Crippen LogP) is 7.03. The Kier molecular flexibility index (Phi) is 9.33. The first-order chi connectivity index (χ1) is 23.7. The maximum Gasteiger partial charge on any atom is 0.135 e. The zero-order valence-electron chi connectivity index (χ0n) is 27.6. The van der Waals surface area contributed by atoms with Crippen LogP contribution in [0.1, 0.15) is 33.4 Å². The van der Waals surface area contributed by atoms with E-state index < -0.39 is 0 Å². The molecule has 0 aliphatic heterocycles. The number of ether oxygens (including phenoxy) is 3. The van der Waals surface area contributed by atoms with Crippen LogP contribution in [0.3, 0.4) is 0 Å². The highest BCUT2D eigenvalue weighted by atomic mass is 16.5. The van der Waals surface area contributed by atoms with Gasteiger partial charge >= 0.3 is 0 Å². The summed E-state index contributed by atoms with van der Waals surface area (Å²) in [5.41, 5.74) is 9.85. The molecule has 7 rings (SSSR count). The zero-order valence-corrected chi connectivity index (χ0v) is 27.6. The molecule has 48 heavy (non-hydrogen) atoms. The van der Waals surface area contributed by atoms with Crippen LogP contribution in [0.2, 0.25) is 0 Å². The van der Waals surface area contributed by atoms with E-state index in [1.165, 1.54) is 32.8 Å². The lowest BCUT2D eigenvalue weighted by atomic mass is 9.98. The van der Waals surface area contributed by atoms with Crippen molar-refractivity contribution in [1.29, 1.82) is 0 Å². The maximum atomic E-state index is 6.17. The summed E-state index contributed by atoms with van der Waals surface area (Å²) >= 11 is 0. The van der Waals surface area contributed by atoms with Gasteiger partial charge in [0, 0.05) is 90.6 Å². The van der Waals surface area contributed by atoms with Crippen molar-refractivity contribution >= 4 is 32.7 Å². The number of H-pyrrole nitrogens is 3. The summed E-state index contributed by atoms with van der Waals surface area (Å²) in [6.45, 7) is 3.68. The lowest BCUT2D eigenvalue weighted by Gasteiger charge is -2.25. The minimum atomic E-state index is 0.542. The Bertz CT molecular complexity index is 1900. The van der Waals surface area contributed by atoms with Gasteiger partial charge in [-0.2, -0.15) is 0 Å². The number of aromatic amines is 3. The van der Waals surface area contributed by atoms with Gasteiger partial charge in [-0.05, 0) is 34.9 Å². The summed E-state index contributed by atoms with van der Waals surface area (Å²) in [7, 11) is 5.15. The summed E-state index contributed by atoms with van der Waals surface area (Å²) in [5.74, 6) is 2.26. The molecule has 0 spiro atoms. The summed E-state index contributed by atoms with van der Waals surface area (Å²) in [5, 5.41) is 14.6. The molecule has 9 heteroatoms. The van der Waals surface area contributed by atoms with Crippen molar-refractivity contribution < 1.29 is 14.2 Å². The van der Waals surface area contributed by atoms with Crippen LogP contribution in [0.4, 0.5) is 0 Å². The number of hydrogen-bond acceptors (Lipinski definition) is 6. The van der Waals surface area contributed by atoms with Gasteiger partial charge in [0.05, 0.1) is 38.0 Å². The molecule has 0 radical (unpaired) electrons. The first kappa shape index (κ1) is 31.4. The molecule has 9 nitrogen and oxygen atoms in total. The van der Waals surface area contributed by atoms with Gasteiger partial charge < -0.3 is 45.1 Å². The Morgan fingerprint density at radius 3 is 1.00 bits per heavy atom. The SMILES string of the molecule is COc1c(CNCc2c[nH]c3ccccc23)c(OC)c(CNCc2c[nH]c3ccccc23)c(OC)c1CNCc1c[nH]c2ccccc12. The Morgan fingerprint density at radius 2 is 0.708 bits per heavy atom. The van der Waals surface area contributed by atoms with Gasteiger partial charge in [-0.3, -0.25) is 0 Å². The van der Waals surface area contributed by atoms with Crippen LogP contribution >= 0.6 is 0 Å². The van der Waals surface area contributed by atoms with Gasteiger partial charge in [-0.15, -0.1) is 0 Å². The number of benzene rings is 4. The van der Waals surface area contributed by atoms with Crippen molar-refractivity contribution in [2.24, 2.45) is 0 Å². The van der Waals surface area contributed by atoms with Gasteiger partial charge in [0.2, 0.25) is 0 Å². The van der Waals surface area contributed by atoms with Gasteiger partial charge in [0.15, 0.2) is 0 Å². The number of aromatic nitrogens is 3. The smallest absolute Gasteiger partial charge is 0.135 e. The molecule has 0 aliphatic carbocycles. The van der Waals surface area contributed by atoms with Crippen molar-refractivity contribution in [3.8, 4) is 17.2 Å². The van der Waals surface area contributed by atoms with Gasteiger partial charge in [-0.25, -0.2) is 0 Å². The molecule has 0 unspecified atom stereocenters. The molecular formula is C39H42N6O3. The van der Waals surface area contributed by atoms with E-state index in [0.29, 0.717) is 39.3 Å². The number of fused-ring (bicyclic) bond motifs is 3. The standard InChI is InChI=1S/C39H42N6O3/c1-46-37-31(22-40-16-25-19-43-34-13-7-4-10-28(25)34)38(47-2)33(24-42-18-27-21-45-36-15-9-6-12-30(27)36)39(48-3)32(37)23-41-17-26-20-44-35-14-8-5-11-29(26)35/h4-15,19-21,40-45H,16-18,22-24H2,1-3H3. The Balaban J connectivity index is 1.19. The molecule has 3 aromatic heterocycles. The summed E-state index contributed by atoms with van der Waals surface area (Å²) in [6, 6.07) is 25.1. The predicted molar refractivity (Wildman–Crippen MR) is 193 cm³/mol. The van der Waals surface area contributed by atoms with Crippen LogP contribution < -0.4 is 30.2 Å². The van der Waals surface area contributed by atoms with E-state index in [1.807, 2.05) is 18.2 Å². The van der Waals surface area contributed by atoms with E-state index in [4.69, 9.17) is 14.2 Å². The lowest BCUT2D eigenvalue weighted by Crippen LogP contribution is -2.21. The highest BCUT2D eigenvalue weighted by Crippen LogP contribution is 2.44. The van der Waals surface area contributed by atoms with Gasteiger partial charge in [0.25, 0.3) is 0 Å². The van der Waals surface area contributed by atoms with Gasteiger partial charge in [-0.1, -0.05) is 54.6 Å². The third kappa shape index (κ3) is 6.11. The maximum absolute atomic E-state index is 6.17. The molecule has 4 aromatic carbocycles. The van der Waals surface area contributed by atoms with E-state index in [9.17, 15) is 0 Å². The van der Waals surface area contributed by atoms with E-state index in [1.54, 1.807) is 21.3 Å².